The lowest BCUT2D eigenvalue weighted by atomic mass is 10.2. The Labute approximate surface area is 147 Å². The Morgan fingerprint density at radius 2 is 1.83 bits per heavy atom. The lowest BCUT2D eigenvalue weighted by Crippen LogP contribution is -2.25. The number of hydrogen-bond acceptors (Lipinski definition) is 4. The molecule has 0 unspecified atom stereocenters. The summed E-state index contributed by atoms with van der Waals surface area (Å²) in [7, 11) is -1.25. The van der Waals surface area contributed by atoms with Crippen LogP contribution in [0.5, 0.6) is 0 Å². The maximum absolute atomic E-state index is 13.3. The molecule has 2 aromatic rings. The van der Waals surface area contributed by atoms with Crippen LogP contribution in [0.25, 0.3) is 0 Å². The van der Waals surface area contributed by atoms with Gasteiger partial charge in [-0.2, -0.15) is 0 Å². The average Bonchev–Trinajstić information content (AvgIpc) is 2.56. The normalized spacial score (nSPS) is 11.5. The Bertz CT molecular complexity index is 856. The molecular formula is C15H14BrFN2O4S. The van der Waals surface area contributed by atoms with Crippen molar-refractivity contribution in [3.05, 3.63) is 58.3 Å². The molecule has 0 aliphatic carbocycles. The predicted octanol–water partition coefficient (Wildman–Crippen LogP) is 3.02. The van der Waals surface area contributed by atoms with Gasteiger partial charge in [-0.15, -0.1) is 0 Å². The van der Waals surface area contributed by atoms with Crippen molar-refractivity contribution in [1.29, 1.82) is 0 Å². The zero-order chi connectivity index (χ0) is 17.9. The van der Waals surface area contributed by atoms with Gasteiger partial charge in [0.05, 0.1) is 17.6 Å². The monoisotopic (exact) mass is 416 g/mol. The van der Waals surface area contributed by atoms with Gasteiger partial charge in [-0.1, -0.05) is 4.47 Å². The van der Waals surface area contributed by atoms with Gasteiger partial charge < -0.3 is 5.32 Å². The first-order chi connectivity index (χ1) is 11.3. The van der Waals surface area contributed by atoms with Crippen LogP contribution in [0.3, 0.4) is 0 Å². The molecule has 1 amide bonds. The summed E-state index contributed by atoms with van der Waals surface area (Å²) in [5.74, 6) is -1.06. The zero-order valence-electron chi connectivity index (χ0n) is 12.8. The summed E-state index contributed by atoms with van der Waals surface area (Å²) in [6, 6.07) is 9.30. The highest BCUT2D eigenvalue weighted by molar-refractivity contribution is 9.10. The molecule has 2 aromatic carbocycles. The number of benzene rings is 2. The molecule has 6 nitrogen and oxygen atoms in total. The maximum Gasteiger partial charge on any atom is 0.264 e. The van der Waals surface area contributed by atoms with Crippen molar-refractivity contribution in [3.8, 4) is 0 Å². The summed E-state index contributed by atoms with van der Waals surface area (Å²) in [6.45, 7) is 0. The predicted molar refractivity (Wildman–Crippen MR) is 90.5 cm³/mol. The number of carbonyl (C=O) groups is 1. The first-order valence-electron chi connectivity index (χ1n) is 6.65. The van der Waals surface area contributed by atoms with Gasteiger partial charge in [0.25, 0.3) is 15.9 Å². The van der Waals surface area contributed by atoms with Gasteiger partial charge in [0, 0.05) is 17.2 Å². The third-order valence-electron chi connectivity index (χ3n) is 3.18. The highest BCUT2D eigenvalue weighted by atomic mass is 79.9. The molecule has 1 N–H and O–H groups in total. The van der Waals surface area contributed by atoms with Gasteiger partial charge >= 0.3 is 0 Å². The average molecular weight is 417 g/mol. The molecule has 0 saturated heterocycles. The molecule has 9 heteroatoms. The molecule has 24 heavy (non-hydrogen) atoms. The van der Waals surface area contributed by atoms with E-state index in [1.54, 1.807) is 0 Å². The van der Waals surface area contributed by atoms with Crippen molar-refractivity contribution in [3.63, 3.8) is 0 Å². The minimum absolute atomic E-state index is 0.0109. The van der Waals surface area contributed by atoms with Crippen LogP contribution in [-0.2, 0) is 14.9 Å². The van der Waals surface area contributed by atoms with E-state index in [2.05, 4.69) is 26.1 Å². The van der Waals surface area contributed by atoms with Gasteiger partial charge in [0.1, 0.15) is 5.82 Å². The SMILES string of the molecule is CON(C)S(=O)(=O)c1ccc(NC(=O)c2cc(F)ccc2Br)cc1. The molecule has 0 aliphatic heterocycles. The highest BCUT2D eigenvalue weighted by Gasteiger charge is 2.20. The number of sulfonamides is 1. The van der Waals surface area contributed by atoms with E-state index in [4.69, 9.17) is 0 Å². The fourth-order valence-corrected chi connectivity index (χ4v) is 3.23. The molecule has 0 radical (unpaired) electrons. The Balaban J connectivity index is 2.20. The van der Waals surface area contributed by atoms with E-state index in [1.165, 1.54) is 50.6 Å². The zero-order valence-corrected chi connectivity index (χ0v) is 15.2. The number of hydrogen-bond donors (Lipinski definition) is 1. The van der Waals surface area contributed by atoms with Crippen LogP contribution in [0.15, 0.2) is 51.8 Å². The molecule has 0 bridgehead atoms. The lowest BCUT2D eigenvalue weighted by Gasteiger charge is -2.14. The highest BCUT2D eigenvalue weighted by Crippen LogP contribution is 2.21. The number of amides is 1. The topological polar surface area (TPSA) is 75.7 Å². The number of anilines is 1. The van der Waals surface area contributed by atoms with E-state index in [0.29, 0.717) is 10.2 Å². The molecule has 0 heterocycles. The number of carbonyl (C=O) groups excluding carboxylic acids is 1. The Hall–Kier alpha value is -1.81. The largest absolute Gasteiger partial charge is 0.322 e. The van der Waals surface area contributed by atoms with Gasteiger partial charge in [-0.25, -0.2) is 12.8 Å². The van der Waals surface area contributed by atoms with Crippen LogP contribution in [0.1, 0.15) is 10.4 Å². The maximum atomic E-state index is 13.3. The minimum Gasteiger partial charge on any atom is -0.322 e. The molecule has 0 spiro atoms. The molecule has 0 atom stereocenters. The number of nitrogens with zero attached hydrogens (tertiary/aromatic N) is 1. The van der Waals surface area contributed by atoms with E-state index in [1.807, 2.05) is 0 Å². The second-order valence-electron chi connectivity index (χ2n) is 4.70. The van der Waals surface area contributed by atoms with Crippen LogP contribution in [0.2, 0.25) is 0 Å². The summed E-state index contributed by atoms with van der Waals surface area (Å²) >= 11 is 3.18. The van der Waals surface area contributed by atoms with Crippen LogP contribution in [0, 0.1) is 5.82 Å². The van der Waals surface area contributed by atoms with Crippen LogP contribution in [0.4, 0.5) is 10.1 Å². The minimum atomic E-state index is -3.76. The molecule has 2 rings (SSSR count). The van der Waals surface area contributed by atoms with E-state index in [-0.39, 0.29) is 10.5 Å². The number of halogens is 2. The van der Waals surface area contributed by atoms with Gasteiger partial charge in [0.2, 0.25) is 0 Å². The summed E-state index contributed by atoms with van der Waals surface area (Å²) in [6.07, 6.45) is 0. The molecule has 128 valence electrons. The van der Waals surface area contributed by atoms with E-state index in [0.717, 1.165) is 10.5 Å². The van der Waals surface area contributed by atoms with Crippen LogP contribution < -0.4 is 5.32 Å². The second-order valence-corrected chi connectivity index (χ2v) is 7.49. The van der Waals surface area contributed by atoms with Gasteiger partial charge in [-0.05, 0) is 58.4 Å². The summed E-state index contributed by atoms with van der Waals surface area (Å²) in [5.41, 5.74) is 0.501. The quantitative estimate of drug-likeness (QED) is 0.759. The van der Waals surface area contributed by atoms with Crippen LogP contribution in [-0.4, -0.2) is 33.0 Å². The van der Waals surface area contributed by atoms with Gasteiger partial charge in [0.15, 0.2) is 0 Å². The third kappa shape index (κ3) is 3.99. The van der Waals surface area contributed by atoms with E-state index >= 15 is 0 Å². The van der Waals surface area contributed by atoms with Crippen LogP contribution >= 0.6 is 15.9 Å². The van der Waals surface area contributed by atoms with E-state index < -0.39 is 21.7 Å². The van der Waals surface area contributed by atoms with Gasteiger partial charge in [-0.3, -0.25) is 9.63 Å². The van der Waals surface area contributed by atoms with Crippen molar-refractivity contribution in [1.82, 2.24) is 4.47 Å². The first kappa shape index (κ1) is 18.5. The summed E-state index contributed by atoms with van der Waals surface area (Å²) in [5, 5.41) is 2.57. The fourth-order valence-electron chi connectivity index (χ4n) is 1.83. The van der Waals surface area contributed by atoms with Crippen molar-refractivity contribution >= 4 is 37.5 Å². The summed E-state index contributed by atoms with van der Waals surface area (Å²) < 4.78 is 38.6. The molecule has 0 fully saturated rings. The third-order valence-corrected chi connectivity index (χ3v) is 5.56. The molecule has 0 aliphatic rings. The Kier molecular flexibility index (Phi) is 5.70. The van der Waals surface area contributed by atoms with Crippen molar-refractivity contribution in [2.45, 2.75) is 4.90 Å². The molecule has 0 saturated carbocycles. The summed E-state index contributed by atoms with van der Waals surface area (Å²) in [4.78, 5) is 16.9. The van der Waals surface area contributed by atoms with E-state index in [9.17, 15) is 17.6 Å². The second kappa shape index (κ2) is 7.39. The lowest BCUT2D eigenvalue weighted by molar-refractivity contribution is -0.0258. The number of hydroxylamine groups is 1. The van der Waals surface area contributed by atoms with Crippen molar-refractivity contribution in [2.75, 3.05) is 19.5 Å². The fraction of sp³-hybridized carbons (Fsp3) is 0.133. The number of nitrogens with one attached hydrogen (secondary N) is 1. The molecule has 0 aromatic heterocycles. The Morgan fingerprint density at radius 1 is 1.21 bits per heavy atom. The van der Waals surface area contributed by atoms with Crippen molar-refractivity contribution in [2.24, 2.45) is 0 Å². The Morgan fingerprint density at radius 3 is 2.42 bits per heavy atom. The smallest absolute Gasteiger partial charge is 0.264 e. The standard InChI is InChI=1S/C15H14BrFN2O4S/c1-19(23-2)24(21,22)12-6-4-11(5-7-12)18-15(20)13-9-10(17)3-8-14(13)16/h3-9H,1-2H3,(H,18,20). The van der Waals surface area contributed by atoms with Crippen molar-refractivity contribution < 1.29 is 22.4 Å². The first-order valence-corrected chi connectivity index (χ1v) is 8.88. The number of rotatable bonds is 5. The molecular weight excluding hydrogens is 403 g/mol.